The van der Waals surface area contributed by atoms with Crippen LogP contribution in [0, 0.1) is 0 Å². The molecular formula is C81H156O41. The first-order chi connectivity index (χ1) is 60.6. The summed E-state index contributed by atoms with van der Waals surface area (Å²) in [5, 5.41) is 0. The maximum Gasteiger partial charge on any atom is 0.309 e. The fourth-order valence-corrected chi connectivity index (χ4v) is 9.11. The predicted octanol–water partition coefficient (Wildman–Crippen LogP) is 0.464. The normalized spacial score (nSPS) is 12.6. The van der Waals surface area contributed by atoms with Crippen LogP contribution in [-0.2, 0) is 194 Å². The predicted molar refractivity (Wildman–Crippen MR) is 435 cm³/mol. The maximum absolute atomic E-state index is 11.8. The van der Waals surface area contributed by atoms with Gasteiger partial charge in [0.1, 0.15) is 0 Å². The van der Waals surface area contributed by atoms with Crippen molar-refractivity contribution in [3.05, 3.63) is 0 Å². The van der Waals surface area contributed by atoms with Gasteiger partial charge in [0.05, 0.1) is 489 Å². The number of carbonyl (C=O) groups excluding carboxylic acids is 3. The van der Waals surface area contributed by atoms with E-state index in [0.29, 0.717) is 469 Å². The molecule has 0 atom stereocenters. The number of hydrogen-bond acceptors (Lipinski definition) is 41. The monoisotopic (exact) mass is 1790 g/mol. The van der Waals surface area contributed by atoms with Crippen LogP contribution in [0.2, 0.25) is 0 Å². The van der Waals surface area contributed by atoms with Crippen LogP contribution < -0.4 is 0 Å². The largest absolute Gasteiger partial charge is 0.446 e. The summed E-state index contributed by atoms with van der Waals surface area (Å²) in [6, 6.07) is 0. The molecule has 1 fully saturated rings. The van der Waals surface area contributed by atoms with Gasteiger partial charge in [0.15, 0.2) is 11.6 Å². The topological polar surface area (TPSA) is 402 Å². The Bertz CT molecular complexity index is 1950. The minimum absolute atomic E-state index is 0.0431. The van der Waals surface area contributed by atoms with Crippen molar-refractivity contribution in [3.63, 3.8) is 0 Å². The molecule has 0 bridgehead atoms. The summed E-state index contributed by atoms with van der Waals surface area (Å²) in [6.07, 6.45) is -1.04. The van der Waals surface area contributed by atoms with Crippen molar-refractivity contribution in [3.8, 4) is 0 Å². The summed E-state index contributed by atoms with van der Waals surface area (Å²) in [5.41, 5.74) is 0. The lowest BCUT2D eigenvalue weighted by Crippen LogP contribution is -2.28. The van der Waals surface area contributed by atoms with Crippen molar-refractivity contribution in [2.45, 2.75) is 25.4 Å². The summed E-state index contributed by atoms with van der Waals surface area (Å²) >= 11 is 0. The molecule has 726 valence electrons. The van der Waals surface area contributed by atoms with Crippen LogP contribution in [0.25, 0.3) is 0 Å². The Hall–Kier alpha value is -2.67. The van der Waals surface area contributed by atoms with Crippen molar-refractivity contribution in [1.29, 1.82) is 0 Å². The van der Waals surface area contributed by atoms with E-state index >= 15 is 0 Å². The third-order valence-corrected chi connectivity index (χ3v) is 15.4. The van der Waals surface area contributed by atoms with Gasteiger partial charge in [-0.05, 0) is 0 Å². The van der Waals surface area contributed by atoms with Crippen molar-refractivity contribution >= 4 is 17.5 Å². The van der Waals surface area contributed by atoms with Crippen LogP contribution in [-0.4, -0.2) is 513 Å². The van der Waals surface area contributed by atoms with E-state index in [1.165, 1.54) is 0 Å². The molecule has 0 aromatic heterocycles. The molecule has 0 aromatic rings. The molecule has 1 aliphatic rings. The molecule has 0 saturated heterocycles. The van der Waals surface area contributed by atoms with Crippen LogP contribution in [0.4, 0.5) is 0 Å². The average molecular weight is 1790 g/mol. The van der Waals surface area contributed by atoms with Crippen LogP contribution in [0.15, 0.2) is 0 Å². The Kier molecular flexibility index (Phi) is 103. The third-order valence-electron chi connectivity index (χ3n) is 15.4. The first-order valence-corrected chi connectivity index (χ1v) is 43.2. The highest BCUT2D eigenvalue weighted by Gasteiger charge is 2.36. The Labute approximate surface area is 724 Å². The molecule has 0 amide bonds. The standard InChI is InChI=1S/C81H156O41/c1-85-6-7-87-10-11-89-14-15-91-18-19-93-22-23-95-26-27-97-30-31-99-34-35-101-38-39-103-42-43-105-46-47-107-50-51-109-54-55-111-58-59-113-62-63-115-66-67-117-70-71-119-74-75-121-77-76-120-73-72-118-69-68-116-65-64-114-61-60-112-57-56-110-53-52-108-49-48-106-45-44-104-41-40-102-37-36-100-33-32-98-29-28-96-25-24-94-21-20-92-17-16-90-13-12-88-9-8-86-5-4-80(84)122-81-78(82)2-3-79(81)83/h81H,2-77H2,1H3. The molecule has 0 aromatic carbocycles. The molecule has 122 heavy (non-hydrogen) atoms. The first kappa shape index (κ1) is 117. The van der Waals surface area contributed by atoms with Crippen LogP contribution in [0.5, 0.6) is 0 Å². The zero-order valence-electron chi connectivity index (χ0n) is 73.6. The molecule has 41 heteroatoms. The van der Waals surface area contributed by atoms with E-state index in [4.69, 9.17) is 180 Å². The van der Waals surface area contributed by atoms with Crippen molar-refractivity contribution in [2.24, 2.45) is 0 Å². The highest BCUT2D eigenvalue weighted by atomic mass is 16.6. The van der Waals surface area contributed by atoms with E-state index in [2.05, 4.69) is 0 Å². The molecular weight excluding hydrogens is 1630 g/mol. The van der Waals surface area contributed by atoms with E-state index in [-0.39, 0.29) is 44.0 Å². The Balaban J connectivity index is 1.58. The van der Waals surface area contributed by atoms with E-state index < -0.39 is 12.1 Å². The maximum atomic E-state index is 11.8. The molecule has 1 saturated carbocycles. The molecule has 0 heterocycles. The van der Waals surface area contributed by atoms with Gasteiger partial charge < -0.3 is 180 Å². The molecule has 0 radical (unpaired) electrons. The molecule has 0 N–H and O–H groups in total. The third kappa shape index (κ3) is 99.5. The lowest BCUT2D eigenvalue weighted by atomic mass is 10.3. The summed E-state index contributed by atoms with van der Waals surface area (Å²) in [4.78, 5) is 34.8. The van der Waals surface area contributed by atoms with Crippen molar-refractivity contribution in [1.82, 2.24) is 0 Å². The van der Waals surface area contributed by atoms with Crippen molar-refractivity contribution < 1.29 is 194 Å². The van der Waals surface area contributed by atoms with Crippen LogP contribution >= 0.6 is 0 Å². The number of rotatable bonds is 112. The number of esters is 1. The van der Waals surface area contributed by atoms with E-state index in [0.717, 1.165) is 0 Å². The van der Waals surface area contributed by atoms with Gasteiger partial charge in [-0.25, -0.2) is 0 Å². The first-order valence-electron chi connectivity index (χ1n) is 43.2. The zero-order valence-corrected chi connectivity index (χ0v) is 73.6. The number of ether oxygens (including phenoxy) is 38. The smallest absolute Gasteiger partial charge is 0.309 e. The molecule has 0 spiro atoms. The quantitative estimate of drug-likeness (QED) is 0.0453. The van der Waals surface area contributed by atoms with Gasteiger partial charge >= 0.3 is 5.97 Å². The number of Topliss-reactive ketones (excluding diaryl/α,β-unsaturated/α-hetero) is 2. The molecule has 0 aliphatic heterocycles. The lowest BCUT2D eigenvalue weighted by Gasteiger charge is -2.10. The second-order valence-corrected chi connectivity index (χ2v) is 25.1. The number of ketones is 2. The van der Waals surface area contributed by atoms with E-state index in [9.17, 15) is 14.4 Å². The minimum Gasteiger partial charge on any atom is -0.446 e. The van der Waals surface area contributed by atoms with Gasteiger partial charge in [0.25, 0.3) is 0 Å². The fourth-order valence-electron chi connectivity index (χ4n) is 9.11. The summed E-state index contributed by atoms with van der Waals surface area (Å²) in [5.74, 6) is -1.33. The number of carbonyl (C=O) groups is 3. The SMILES string of the molecule is COCCOCCOCCOCCOCCOCCOCCOCCOCCOCCOCCOCCOCCOCCOCCOCCOCCOCCOCCOCCOCCOCCOCCOCCOCCOCCOCCOCCOCCOCCOCCOCCOCCOCCOCCOCCOCCC(=O)OC1C(=O)CCC1=O. The summed E-state index contributed by atoms with van der Waals surface area (Å²) < 4.78 is 208. The average Bonchev–Trinajstić information content (AvgIpc) is 1.73. The summed E-state index contributed by atoms with van der Waals surface area (Å²) in [7, 11) is 1.64. The van der Waals surface area contributed by atoms with Gasteiger partial charge in [-0.2, -0.15) is 0 Å². The van der Waals surface area contributed by atoms with Gasteiger partial charge in [0, 0.05) is 20.0 Å². The summed E-state index contributed by atoms with van der Waals surface area (Å²) in [6.45, 7) is 34.1. The fraction of sp³-hybridized carbons (Fsp3) is 0.963. The minimum atomic E-state index is -1.25. The Morgan fingerprint density at radius 2 is 0.254 bits per heavy atom. The van der Waals surface area contributed by atoms with Gasteiger partial charge in [-0.1, -0.05) is 0 Å². The molecule has 0 unspecified atom stereocenters. The molecule has 41 nitrogen and oxygen atoms in total. The van der Waals surface area contributed by atoms with Crippen LogP contribution in [0.3, 0.4) is 0 Å². The van der Waals surface area contributed by atoms with Crippen molar-refractivity contribution in [2.75, 3.05) is 489 Å². The van der Waals surface area contributed by atoms with Gasteiger partial charge in [-0.15, -0.1) is 0 Å². The molecule has 1 rings (SSSR count). The Morgan fingerprint density at radius 1 is 0.164 bits per heavy atom. The van der Waals surface area contributed by atoms with E-state index in [1.54, 1.807) is 7.11 Å². The Morgan fingerprint density at radius 3 is 0.352 bits per heavy atom. The van der Waals surface area contributed by atoms with Crippen LogP contribution in [0.1, 0.15) is 19.3 Å². The van der Waals surface area contributed by atoms with Gasteiger partial charge in [-0.3, -0.25) is 14.4 Å². The number of hydrogen-bond donors (Lipinski definition) is 0. The second-order valence-electron chi connectivity index (χ2n) is 25.1. The van der Waals surface area contributed by atoms with Gasteiger partial charge in [0.2, 0.25) is 6.10 Å². The highest BCUT2D eigenvalue weighted by Crippen LogP contribution is 2.15. The second kappa shape index (κ2) is 107. The lowest BCUT2D eigenvalue weighted by molar-refractivity contribution is -0.158. The molecule has 1 aliphatic carbocycles. The van der Waals surface area contributed by atoms with E-state index in [1.807, 2.05) is 0 Å². The zero-order chi connectivity index (χ0) is 86.9. The number of methoxy groups -OCH3 is 1. The highest BCUT2D eigenvalue weighted by molar-refractivity contribution is 6.12.